The summed E-state index contributed by atoms with van der Waals surface area (Å²) in [4.78, 5) is 11.6. The van der Waals surface area contributed by atoms with Gasteiger partial charge in [-0.3, -0.25) is 4.79 Å². The van der Waals surface area contributed by atoms with E-state index < -0.39 is 6.10 Å². The molecule has 0 bridgehead atoms. The van der Waals surface area contributed by atoms with Crippen LogP contribution in [0.1, 0.15) is 5.56 Å². The number of ether oxygens (including phenoxy) is 2. The Morgan fingerprint density at radius 2 is 1.94 bits per heavy atom. The first-order valence-electron chi connectivity index (χ1n) is 5.34. The lowest BCUT2D eigenvalue weighted by molar-refractivity contribution is -0.130. The van der Waals surface area contributed by atoms with Gasteiger partial charge in [-0.1, -0.05) is 12.1 Å². The standard InChI is InChI=1S/C12H18N2O3.ClH/c1-16-10-5-3-9(4-6-10)8-14-12(15)11(7-13)17-2;/h3-6,11H,7-8,13H2,1-2H3,(H,14,15);1H. The highest BCUT2D eigenvalue weighted by Crippen LogP contribution is 2.10. The van der Waals surface area contributed by atoms with E-state index in [2.05, 4.69) is 5.32 Å². The van der Waals surface area contributed by atoms with Crippen molar-refractivity contribution < 1.29 is 14.3 Å². The molecule has 1 atom stereocenters. The molecule has 1 aromatic carbocycles. The van der Waals surface area contributed by atoms with E-state index in [0.717, 1.165) is 11.3 Å². The van der Waals surface area contributed by atoms with Crippen LogP contribution < -0.4 is 15.8 Å². The minimum absolute atomic E-state index is 0. The summed E-state index contributed by atoms with van der Waals surface area (Å²) in [7, 11) is 3.08. The summed E-state index contributed by atoms with van der Waals surface area (Å²) in [5, 5.41) is 2.75. The average molecular weight is 275 g/mol. The summed E-state index contributed by atoms with van der Waals surface area (Å²) in [6, 6.07) is 7.48. The molecule has 6 heteroatoms. The number of hydrogen-bond acceptors (Lipinski definition) is 4. The van der Waals surface area contributed by atoms with Crippen molar-refractivity contribution in [1.82, 2.24) is 5.32 Å². The van der Waals surface area contributed by atoms with Crippen molar-refractivity contribution in [2.75, 3.05) is 20.8 Å². The highest BCUT2D eigenvalue weighted by molar-refractivity contribution is 5.85. The van der Waals surface area contributed by atoms with Crippen LogP contribution in [0.3, 0.4) is 0 Å². The number of benzene rings is 1. The summed E-state index contributed by atoms with van der Waals surface area (Å²) >= 11 is 0. The van der Waals surface area contributed by atoms with Crippen molar-refractivity contribution in [2.45, 2.75) is 12.6 Å². The molecule has 0 aromatic heterocycles. The smallest absolute Gasteiger partial charge is 0.250 e. The molecule has 0 aliphatic rings. The van der Waals surface area contributed by atoms with Gasteiger partial charge in [0.1, 0.15) is 11.9 Å². The molecular formula is C12H19ClN2O3. The van der Waals surface area contributed by atoms with Gasteiger partial charge in [-0.05, 0) is 17.7 Å². The van der Waals surface area contributed by atoms with Gasteiger partial charge in [0.25, 0.3) is 5.91 Å². The van der Waals surface area contributed by atoms with Crippen LogP contribution in [0.5, 0.6) is 5.75 Å². The predicted molar refractivity (Wildman–Crippen MR) is 71.9 cm³/mol. The summed E-state index contributed by atoms with van der Waals surface area (Å²) in [6.45, 7) is 0.619. The molecule has 18 heavy (non-hydrogen) atoms. The molecular weight excluding hydrogens is 256 g/mol. The van der Waals surface area contributed by atoms with Gasteiger partial charge in [0.2, 0.25) is 0 Å². The Bertz CT molecular complexity index is 353. The van der Waals surface area contributed by atoms with Gasteiger partial charge in [0.05, 0.1) is 7.11 Å². The fourth-order valence-corrected chi connectivity index (χ4v) is 1.36. The Balaban J connectivity index is 0.00000289. The molecule has 102 valence electrons. The van der Waals surface area contributed by atoms with E-state index in [-0.39, 0.29) is 24.9 Å². The minimum atomic E-state index is -0.590. The van der Waals surface area contributed by atoms with Gasteiger partial charge in [-0.25, -0.2) is 0 Å². The number of hydrogen-bond donors (Lipinski definition) is 2. The minimum Gasteiger partial charge on any atom is -0.497 e. The first-order valence-corrected chi connectivity index (χ1v) is 5.34. The van der Waals surface area contributed by atoms with Crippen LogP contribution in [0.25, 0.3) is 0 Å². The zero-order valence-electron chi connectivity index (χ0n) is 10.5. The summed E-state index contributed by atoms with van der Waals surface area (Å²) in [5.74, 6) is 0.586. The molecule has 0 saturated heterocycles. The van der Waals surface area contributed by atoms with E-state index in [1.807, 2.05) is 24.3 Å². The predicted octanol–water partition coefficient (Wildman–Crippen LogP) is 0.707. The molecule has 0 aliphatic heterocycles. The van der Waals surface area contributed by atoms with E-state index in [1.165, 1.54) is 7.11 Å². The van der Waals surface area contributed by atoms with Crippen LogP contribution in [0.2, 0.25) is 0 Å². The average Bonchev–Trinajstić information content (AvgIpc) is 2.38. The molecule has 0 heterocycles. The third kappa shape index (κ3) is 4.91. The number of halogens is 1. The quantitative estimate of drug-likeness (QED) is 0.801. The molecule has 0 fully saturated rings. The number of methoxy groups -OCH3 is 2. The Morgan fingerprint density at radius 3 is 2.39 bits per heavy atom. The highest BCUT2D eigenvalue weighted by Gasteiger charge is 2.14. The monoisotopic (exact) mass is 274 g/mol. The van der Waals surface area contributed by atoms with Crippen molar-refractivity contribution in [1.29, 1.82) is 0 Å². The largest absolute Gasteiger partial charge is 0.497 e. The Kier molecular flexibility index (Phi) is 8.11. The maximum atomic E-state index is 11.6. The molecule has 0 aliphatic carbocycles. The van der Waals surface area contributed by atoms with Gasteiger partial charge in [-0.15, -0.1) is 12.4 Å². The fraction of sp³-hybridized carbons (Fsp3) is 0.417. The van der Waals surface area contributed by atoms with Gasteiger partial charge < -0.3 is 20.5 Å². The van der Waals surface area contributed by atoms with Crippen molar-refractivity contribution in [3.05, 3.63) is 29.8 Å². The lowest BCUT2D eigenvalue weighted by Gasteiger charge is -2.13. The summed E-state index contributed by atoms with van der Waals surface area (Å²) < 4.78 is 9.97. The second kappa shape index (κ2) is 8.74. The van der Waals surface area contributed by atoms with Crippen molar-refractivity contribution in [3.8, 4) is 5.75 Å². The zero-order chi connectivity index (χ0) is 12.7. The van der Waals surface area contributed by atoms with Crippen LogP contribution in [-0.2, 0) is 16.1 Å². The first-order chi connectivity index (χ1) is 8.21. The number of carbonyl (C=O) groups excluding carboxylic acids is 1. The second-order valence-electron chi connectivity index (χ2n) is 3.53. The Morgan fingerprint density at radius 1 is 1.33 bits per heavy atom. The number of nitrogens with two attached hydrogens (primary N) is 1. The SMILES string of the molecule is COc1ccc(CNC(=O)C(CN)OC)cc1.Cl. The lowest BCUT2D eigenvalue weighted by atomic mass is 10.2. The molecule has 1 aromatic rings. The fourth-order valence-electron chi connectivity index (χ4n) is 1.36. The topological polar surface area (TPSA) is 73.6 Å². The number of nitrogens with one attached hydrogen (secondary N) is 1. The molecule has 1 amide bonds. The molecule has 0 spiro atoms. The molecule has 1 rings (SSSR count). The van der Waals surface area contributed by atoms with E-state index in [1.54, 1.807) is 7.11 Å². The van der Waals surface area contributed by atoms with E-state index in [0.29, 0.717) is 6.54 Å². The number of rotatable bonds is 6. The third-order valence-corrected chi connectivity index (χ3v) is 2.42. The molecule has 0 radical (unpaired) electrons. The van der Waals surface area contributed by atoms with E-state index in [4.69, 9.17) is 15.2 Å². The maximum Gasteiger partial charge on any atom is 0.250 e. The van der Waals surface area contributed by atoms with Gasteiger partial charge in [0.15, 0.2) is 0 Å². The Hall–Kier alpha value is -1.30. The van der Waals surface area contributed by atoms with Gasteiger partial charge in [-0.2, -0.15) is 0 Å². The zero-order valence-corrected chi connectivity index (χ0v) is 11.3. The lowest BCUT2D eigenvalue weighted by Crippen LogP contribution is -2.40. The number of amides is 1. The second-order valence-corrected chi connectivity index (χ2v) is 3.53. The molecule has 5 nitrogen and oxygen atoms in total. The summed E-state index contributed by atoms with van der Waals surface area (Å²) in [5.41, 5.74) is 6.38. The van der Waals surface area contributed by atoms with Crippen molar-refractivity contribution in [3.63, 3.8) is 0 Å². The van der Waals surface area contributed by atoms with Gasteiger partial charge >= 0.3 is 0 Å². The van der Waals surface area contributed by atoms with Crippen LogP contribution in [0, 0.1) is 0 Å². The van der Waals surface area contributed by atoms with E-state index in [9.17, 15) is 4.79 Å². The van der Waals surface area contributed by atoms with Crippen molar-refractivity contribution >= 4 is 18.3 Å². The normalized spacial score (nSPS) is 11.3. The highest BCUT2D eigenvalue weighted by atomic mass is 35.5. The number of carbonyl (C=O) groups is 1. The first kappa shape index (κ1) is 16.7. The molecule has 1 unspecified atom stereocenters. The van der Waals surface area contributed by atoms with Crippen LogP contribution in [-0.4, -0.2) is 32.8 Å². The van der Waals surface area contributed by atoms with Crippen LogP contribution in [0.4, 0.5) is 0 Å². The Labute approximate surface area is 113 Å². The molecule has 0 saturated carbocycles. The van der Waals surface area contributed by atoms with Crippen molar-refractivity contribution in [2.24, 2.45) is 5.73 Å². The van der Waals surface area contributed by atoms with Crippen LogP contribution >= 0.6 is 12.4 Å². The van der Waals surface area contributed by atoms with Crippen LogP contribution in [0.15, 0.2) is 24.3 Å². The van der Waals surface area contributed by atoms with Gasteiger partial charge in [0, 0.05) is 20.2 Å². The third-order valence-electron chi connectivity index (χ3n) is 2.42. The van der Waals surface area contributed by atoms with E-state index >= 15 is 0 Å². The summed E-state index contributed by atoms with van der Waals surface area (Å²) in [6.07, 6.45) is -0.590. The molecule has 3 N–H and O–H groups in total. The maximum absolute atomic E-state index is 11.6.